The van der Waals surface area contributed by atoms with E-state index in [0.29, 0.717) is 30.4 Å². The van der Waals surface area contributed by atoms with Crippen LogP contribution in [0.2, 0.25) is 0 Å². The van der Waals surface area contributed by atoms with Crippen molar-refractivity contribution in [2.45, 2.75) is 26.8 Å². The number of benzene rings is 2. The van der Waals surface area contributed by atoms with Crippen LogP contribution in [0.1, 0.15) is 24.5 Å². The maximum absolute atomic E-state index is 5.77. The molecule has 0 saturated heterocycles. The van der Waals surface area contributed by atoms with Crippen LogP contribution in [-0.2, 0) is 6.54 Å². The summed E-state index contributed by atoms with van der Waals surface area (Å²) in [7, 11) is 4.80. The van der Waals surface area contributed by atoms with Crippen LogP contribution in [0.4, 0.5) is 0 Å². The summed E-state index contributed by atoms with van der Waals surface area (Å²) in [5.41, 5.74) is 2.19. The summed E-state index contributed by atoms with van der Waals surface area (Å²) >= 11 is 0. The standard InChI is InChI=1S/C23H33N3O4.HI/c1-6-24-23(25-12-7-13-30-19-10-8-17(2)9-11-19)26-16-18-14-20(27-3)22(29-5)21(15-18)28-4;/h8-11,14-15H,6-7,12-13,16H2,1-5H3,(H2,24,25,26);1H. The van der Waals surface area contributed by atoms with Gasteiger partial charge < -0.3 is 29.6 Å². The maximum atomic E-state index is 5.77. The van der Waals surface area contributed by atoms with Gasteiger partial charge in [0.1, 0.15) is 5.75 Å². The van der Waals surface area contributed by atoms with Crippen molar-refractivity contribution < 1.29 is 18.9 Å². The Balaban J connectivity index is 0.00000480. The number of ether oxygens (including phenoxy) is 4. The van der Waals surface area contributed by atoms with Crippen LogP contribution in [0.25, 0.3) is 0 Å². The van der Waals surface area contributed by atoms with Gasteiger partial charge in [-0.15, -0.1) is 24.0 Å². The number of rotatable bonds is 11. The van der Waals surface area contributed by atoms with Crippen LogP contribution < -0.4 is 29.6 Å². The van der Waals surface area contributed by atoms with E-state index >= 15 is 0 Å². The first-order valence-corrected chi connectivity index (χ1v) is 10.1. The average molecular weight is 543 g/mol. The highest BCUT2D eigenvalue weighted by Crippen LogP contribution is 2.38. The van der Waals surface area contributed by atoms with Crippen LogP contribution in [0, 0.1) is 6.92 Å². The smallest absolute Gasteiger partial charge is 0.203 e. The van der Waals surface area contributed by atoms with Gasteiger partial charge in [0.15, 0.2) is 17.5 Å². The number of aryl methyl sites for hydroxylation is 1. The molecule has 0 bridgehead atoms. The molecule has 0 amide bonds. The number of hydrogen-bond acceptors (Lipinski definition) is 5. The second-order valence-corrected chi connectivity index (χ2v) is 6.67. The van der Waals surface area contributed by atoms with Gasteiger partial charge in [0, 0.05) is 13.1 Å². The largest absolute Gasteiger partial charge is 0.494 e. The fourth-order valence-electron chi connectivity index (χ4n) is 2.84. The normalized spacial score (nSPS) is 10.7. The van der Waals surface area contributed by atoms with Gasteiger partial charge in [-0.1, -0.05) is 17.7 Å². The van der Waals surface area contributed by atoms with Crippen LogP contribution in [0.3, 0.4) is 0 Å². The summed E-state index contributed by atoms with van der Waals surface area (Å²) in [5, 5.41) is 6.60. The van der Waals surface area contributed by atoms with E-state index in [1.54, 1.807) is 21.3 Å². The molecule has 0 radical (unpaired) electrons. The summed E-state index contributed by atoms with van der Waals surface area (Å²) in [6.45, 7) is 6.76. The molecule has 0 saturated carbocycles. The van der Waals surface area contributed by atoms with Gasteiger partial charge in [0.25, 0.3) is 0 Å². The van der Waals surface area contributed by atoms with E-state index in [0.717, 1.165) is 36.8 Å². The topological polar surface area (TPSA) is 73.3 Å². The van der Waals surface area contributed by atoms with Crippen molar-refractivity contribution in [1.82, 2.24) is 10.6 Å². The molecule has 0 aliphatic rings. The first kappa shape index (κ1) is 26.7. The van der Waals surface area contributed by atoms with Crippen LogP contribution in [0.15, 0.2) is 41.4 Å². The number of hydrogen-bond donors (Lipinski definition) is 2. The molecule has 0 heterocycles. The van der Waals surface area contributed by atoms with Crippen molar-refractivity contribution in [2.75, 3.05) is 41.0 Å². The van der Waals surface area contributed by atoms with Gasteiger partial charge in [-0.25, -0.2) is 4.99 Å². The second kappa shape index (κ2) is 14.6. The molecule has 0 spiro atoms. The monoisotopic (exact) mass is 543 g/mol. The van der Waals surface area contributed by atoms with Gasteiger partial charge in [-0.05, 0) is 50.1 Å². The number of guanidine groups is 1. The molecule has 0 aromatic heterocycles. The molecule has 2 aromatic carbocycles. The van der Waals surface area contributed by atoms with Crippen LogP contribution in [-0.4, -0.2) is 47.0 Å². The van der Waals surface area contributed by atoms with Gasteiger partial charge in [-0.3, -0.25) is 0 Å². The van der Waals surface area contributed by atoms with E-state index in [1.165, 1.54) is 5.56 Å². The number of halogens is 1. The fraction of sp³-hybridized carbons (Fsp3) is 0.435. The Morgan fingerprint density at radius 2 is 1.58 bits per heavy atom. The zero-order valence-electron chi connectivity index (χ0n) is 19.0. The highest BCUT2D eigenvalue weighted by atomic mass is 127. The van der Waals surface area contributed by atoms with Gasteiger partial charge in [-0.2, -0.15) is 0 Å². The second-order valence-electron chi connectivity index (χ2n) is 6.67. The molecule has 0 fully saturated rings. The Morgan fingerprint density at radius 1 is 0.935 bits per heavy atom. The highest BCUT2D eigenvalue weighted by Gasteiger charge is 2.13. The Labute approximate surface area is 202 Å². The third-order valence-corrected chi connectivity index (χ3v) is 4.39. The third kappa shape index (κ3) is 8.72. The van der Waals surface area contributed by atoms with E-state index in [-0.39, 0.29) is 24.0 Å². The molecule has 0 aliphatic carbocycles. The summed E-state index contributed by atoms with van der Waals surface area (Å²) in [6, 6.07) is 11.9. The lowest BCUT2D eigenvalue weighted by Crippen LogP contribution is -2.38. The minimum absolute atomic E-state index is 0. The summed E-state index contributed by atoms with van der Waals surface area (Å²) in [5.74, 6) is 3.46. The van der Waals surface area contributed by atoms with Gasteiger partial charge in [0.05, 0.1) is 34.5 Å². The Kier molecular flexibility index (Phi) is 12.6. The quantitative estimate of drug-likeness (QED) is 0.192. The van der Waals surface area contributed by atoms with Crippen molar-refractivity contribution in [1.29, 1.82) is 0 Å². The number of aliphatic imine (C=N–C) groups is 1. The molecule has 8 heteroatoms. The third-order valence-electron chi connectivity index (χ3n) is 4.39. The van der Waals surface area contributed by atoms with Crippen LogP contribution in [0.5, 0.6) is 23.0 Å². The first-order valence-electron chi connectivity index (χ1n) is 10.1. The Morgan fingerprint density at radius 3 is 2.13 bits per heavy atom. The molecule has 2 rings (SSSR count). The van der Waals surface area contributed by atoms with Crippen molar-refractivity contribution >= 4 is 29.9 Å². The lowest BCUT2D eigenvalue weighted by Gasteiger charge is -2.14. The summed E-state index contributed by atoms with van der Waals surface area (Å²) in [4.78, 5) is 4.66. The predicted molar refractivity (Wildman–Crippen MR) is 136 cm³/mol. The van der Waals surface area contributed by atoms with Crippen molar-refractivity contribution in [2.24, 2.45) is 4.99 Å². The number of nitrogens with one attached hydrogen (secondary N) is 2. The van der Waals surface area contributed by atoms with Crippen LogP contribution >= 0.6 is 24.0 Å². The fourth-order valence-corrected chi connectivity index (χ4v) is 2.84. The lowest BCUT2D eigenvalue weighted by molar-refractivity contribution is 0.311. The van der Waals surface area contributed by atoms with E-state index in [1.807, 2.05) is 43.3 Å². The molecule has 0 atom stereocenters. The average Bonchev–Trinajstić information content (AvgIpc) is 2.77. The van der Waals surface area contributed by atoms with Crippen molar-refractivity contribution in [3.8, 4) is 23.0 Å². The van der Waals surface area contributed by atoms with E-state index in [2.05, 4.69) is 22.5 Å². The molecule has 172 valence electrons. The Hall–Kier alpha value is -2.36. The van der Waals surface area contributed by atoms with Gasteiger partial charge >= 0.3 is 0 Å². The van der Waals surface area contributed by atoms with E-state index in [9.17, 15) is 0 Å². The molecule has 2 N–H and O–H groups in total. The number of methoxy groups -OCH3 is 3. The minimum atomic E-state index is 0. The predicted octanol–water partition coefficient (Wildman–Crippen LogP) is 4.16. The first-order chi connectivity index (χ1) is 14.6. The molecule has 2 aromatic rings. The summed E-state index contributed by atoms with van der Waals surface area (Å²) in [6.07, 6.45) is 0.864. The van der Waals surface area contributed by atoms with E-state index < -0.39 is 0 Å². The molecule has 0 aliphatic heterocycles. The zero-order chi connectivity index (χ0) is 21.8. The summed E-state index contributed by atoms with van der Waals surface area (Å²) < 4.78 is 22.0. The van der Waals surface area contributed by atoms with E-state index in [4.69, 9.17) is 18.9 Å². The SMILES string of the molecule is CCNC(=NCc1cc(OC)c(OC)c(OC)c1)NCCCOc1ccc(C)cc1.I. The zero-order valence-corrected chi connectivity index (χ0v) is 21.3. The lowest BCUT2D eigenvalue weighted by atomic mass is 10.2. The number of nitrogens with zero attached hydrogens (tertiary/aromatic N) is 1. The van der Waals surface area contributed by atoms with Crippen molar-refractivity contribution in [3.05, 3.63) is 47.5 Å². The Bertz CT molecular complexity index is 788. The molecule has 7 nitrogen and oxygen atoms in total. The molecule has 0 unspecified atom stereocenters. The molecule has 31 heavy (non-hydrogen) atoms. The highest BCUT2D eigenvalue weighted by molar-refractivity contribution is 14.0. The van der Waals surface area contributed by atoms with Crippen molar-refractivity contribution in [3.63, 3.8) is 0 Å². The van der Waals surface area contributed by atoms with Gasteiger partial charge in [0.2, 0.25) is 5.75 Å². The minimum Gasteiger partial charge on any atom is -0.494 e. The molecular formula is C23H34IN3O4. The molecular weight excluding hydrogens is 509 g/mol. The maximum Gasteiger partial charge on any atom is 0.203 e.